The van der Waals surface area contributed by atoms with E-state index in [2.05, 4.69) is 0 Å². The van der Waals surface area contributed by atoms with Crippen molar-refractivity contribution in [2.24, 2.45) is 0 Å². The van der Waals surface area contributed by atoms with Gasteiger partial charge in [0.1, 0.15) is 12.0 Å². The van der Waals surface area contributed by atoms with Crippen molar-refractivity contribution < 1.29 is 22.7 Å². The van der Waals surface area contributed by atoms with Gasteiger partial charge in [0, 0.05) is 12.0 Å². The number of hydrogen-bond acceptors (Lipinski definition) is 2. The van der Waals surface area contributed by atoms with Gasteiger partial charge in [0.15, 0.2) is 0 Å². The van der Waals surface area contributed by atoms with Crippen molar-refractivity contribution in [3.8, 4) is 5.75 Å². The third kappa shape index (κ3) is 2.71. The van der Waals surface area contributed by atoms with E-state index in [0.29, 0.717) is 11.8 Å². The van der Waals surface area contributed by atoms with E-state index in [1.54, 1.807) is 0 Å². The molecule has 0 N–H and O–H groups in total. The number of halogens is 3. The molecule has 5 heteroatoms. The lowest BCUT2D eigenvalue weighted by atomic mass is 10.1. The van der Waals surface area contributed by atoms with Crippen molar-refractivity contribution in [3.05, 3.63) is 29.3 Å². The van der Waals surface area contributed by atoms with Gasteiger partial charge < -0.3 is 9.53 Å². The van der Waals surface area contributed by atoms with E-state index >= 15 is 0 Å². The summed E-state index contributed by atoms with van der Waals surface area (Å²) in [6, 6.07) is 3.07. The van der Waals surface area contributed by atoms with Gasteiger partial charge in [0.05, 0.1) is 12.7 Å². The summed E-state index contributed by atoms with van der Waals surface area (Å²) in [6.07, 6.45) is -3.74. The zero-order chi connectivity index (χ0) is 11.5. The molecule has 1 aromatic carbocycles. The molecule has 0 bridgehead atoms. The topological polar surface area (TPSA) is 26.3 Å². The van der Waals surface area contributed by atoms with Crippen LogP contribution in [-0.4, -0.2) is 13.4 Å². The smallest absolute Gasteiger partial charge is 0.416 e. The molecule has 0 saturated heterocycles. The number of rotatable bonds is 3. The Morgan fingerprint density at radius 1 is 1.40 bits per heavy atom. The third-order valence-electron chi connectivity index (χ3n) is 1.92. The molecule has 0 radical (unpaired) electrons. The molecule has 0 saturated carbocycles. The predicted octanol–water partition coefficient (Wildman–Crippen LogP) is 2.46. The summed E-state index contributed by atoms with van der Waals surface area (Å²) in [5.74, 6) is 0.0805. The molecule has 0 aliphatic heterocycles. The minimum Gasteiger partial charge on any atom is -0.496 e. The molecule has 15 heavy (non-hydrogen) atoms. The van der Waals surface area contributed by atoms with Crippen LogP contribution < -0.4 is 4.74 Å². The molecule has 0 spiro atoms. The van der Waals surface area contributed by atoms with Crippen LogP contribution in [0.15, 0.2) is 18.2 Å². The third-order valence-corrected chi connectivity index (χ3v) is 1.92. The second-order valence-corrected chi connectivity index (χ2v) is 2.90. The first-order valence-electron chi connectivity index (χ1n) is 4.16. The molecule has 0 aromatic heterocycles. The van der Waals surface area contributed by atoms with Crippen LogP contribution in [-0.2, 0) is 17.4 Å². The average Bonchev–Trinajstić information content (AvgIpc) is 2.17. The van der Waals surface area contributed by atoms with Crippen molar-refractivity contribution in [1.29, 1.82) is 0 Å². The van der Waals surface area contributed by atoms with Gasteiger partial charge >= 0.3 is 6.18 Å². The number of methoxy groups -OCH3 is 1. The highest BCUT2D eigenvalue weighted by Crippen LogP contribution is 2.32. The van der Waals surface area contributed by atoms with Crippen LogP contribution in [0.1, 0.15) is 11.1 Å². The SMILES string of the molecule is COc1cc(C(F)(F)F)ccc1CC=O. The zero-order valence-corrected chi connectivity index (χ0v) is 7.97. The van der Waals surface area contributed by atoms with Crippen molar-refractivity contribution in [2.75, 3.05) is 7.11 Å². The Kier molecular flexibility index (Phi) is 3.34. The largest absolute Gasteiger partial charge is 0.496 e. The monoisotopic (exact) mass is 218 g/mol. The number of hydrogen-bond donors (Lipinski definition) is 0. The van der Waals surface area contributed by atoms with Gasteiger partial charge in [-0.2, -0.15) is 13.2 Å². The van der Waals surface area contributed by atoms with Crippen LogP contribution in [0.3, 0.4) is 0 Å². The highest BCUT2D eigenvalue weighted by Gasteiger charge is 2.31. The maximum Gasteiger partial charge on any atom is 0.416 e. The Hall–Kier alpha value is -1.52. The van der Waals surface area contributed by atoms with Gasteiger partial charge in [-0.15, -0.1) is 0 Å². The number of alkyl halides is 3. The summed E-state index contributed by atoms with van der Waals surface area (Å²) in [5, 5.41) is 0. The first kappa shape index (κ1) is 11.6. The van der Waals surface area contributed by atoms with E-state index in [1.165, 1.54) is 13.2 Å². The molecule has 0 amide bonds. The summed E-state index contributed by atoms with van der Waals surface area (Å²) in [4.78, 5) is 10.2. The fraction of sp³-hybridized carbons (Fsp3) is 0.300. The summed E-state index contributed by atoms with van der Waals surface area (Å²) in [7, 11) is 1.27. The lowest BCUT2D eigenvalue weighted by molar-refractivity contribution is -0.137. The molecular weight excluding hydrogens is 209 g/mol. The lowest BCUT2D eigenvalue weighted by Gasteiger charge is -2.11. The summed E-state index contributed by atoms with van der Waals surface area (Å²) < 4.78 is 41.7. The minimum absolute atomic E-state index is 0.0430. The quantitative estimate of drug-likeness (QED) is 0.728. The molecule has 2 nitrogen and oxygen atoms in total. The summed E-state index contributed by atoms with van der Waals surface area (Å²) in [5.41, 5.74) is -0.338. The van der Waals surface area contributed by atoms with Crippen molar-refractivity contribution >= 4 is 6.29 Å². The van der Waals surface area contributed by atoms with E-state index in [1.807, 2.05) is 0 Å². The Morgan fingerprint density at radius 2 is 2.07 bits per heavy atom. The number of aldehydes is 1. The number of benzene rings is 1. The van der Waals surface area contributed by atoms with E-state index in [-0.39, 0.29) is 12.2 Å². The molecule has 0 aliphatic carbocycles. The Labute approximate surface area is 84.7 Å². The van der Waals surface area contributed by atoms with Gasteiger partial charge in [0.2, 0.25) is 0 Å². The van der Waals surface area contributed by atoms with Crippen LogP contribution in [0.2, 0.25) is 0 Å². The number of ether oxygens (including phenoxy) is 1. The van der Waals surface area contributed by atoms with Crippen molar-refractivity contribution in [1.82, 2.24) is 0 Å². The fourth-order valence-corrected chi connectivity index (χ4v) is 1.18. The first-order chi connectivity index (χ1) is 6.99. The molecule has 0 heterocycles. The minimum atomic E-state index is -4.40. The standard InChI is InChI=1S/C10H9F3O2/c1-15-9-6-8(10(11,12)13)3-2-7(9)4-5-14/h2-3,5-6H,4H2,1H3. The van der Waals surface area contributed by atoms with E-state index in [9.17, 15) is 18.0 Å². The van der Waals surface area contributed by atoms with Gasteiger partial charge in [-0.05, 0) is 12.1 Å². The second kappa shape index (κ2) is 4.33. The molecular formula is C10H9F3O2. The number of carbonyl (C=O) groups excluding carboxylic acids is 1. The van der Waals surface area contributed by atoms with Crippen LogP contribution >= 0.6 is 0 Å². The molecule has 0 unspecified atom stereocenters. The molecule has 1 aromatic rings. The van der Waals surface area contributed by atoms with Crippen molar-refractivity contribution in [2.45, 2.75) is 12.6 Å². The molecule has 0 aliphatic rings. The maximum atomic E-state index is 12.3. The maximum absolute atomic E-state index is 12.3. The van der Waals surface area contributed by atoms with E-state index in [0.717, 1.165) is 12.1 Å². The Balaban J connectivity index is 3.13. The molecule has 82 valence electrons. The van der Waals surface area contributed by atoms with Crippen LogP contribution in [0.25, 0.3) is 0 Å². The van der Waals surface area contributed by atoms with Crippen LogP contribution in [0.5, 0.6) is 5.75 Å². The molecule has 0 atom stereocenters. The van der Waals surface area contributed by atoms with Gasteiger partial charge in [-0.1, -0.05) is 6.07 Å². The van der Waals surface area contributed by atoms with Crippen LogP contribution in [0.4, 0.5) is 13.2 Å². The Bertz CT molecular complexity index is 358. The highest BCUT2D eigenvalue weighted by atomic mass is 19.4. The Morgan fingerprint density at radius 3 is 2.53 bits per heavy atom. The zero-order valence-electron chi connectivity index (χ0n) is 7.97. The average molecular weight is 218 g/mol. The van der Waals surface area contributed by atoms with Gasteiger partial charge in [-0.3, -0.25) is 0 Å². The molecule has 0 fully saturated rings. The van der Waals surface area contributed by atoms with Crippen molar-refractivity contribution in [3.63, 3.8) is 0 Å². The number of carbonyl (C=O) groups is 1. The summed E-state index contributed by atoms with van der Waals surface area (Å²) >= 11 is 0. The second-order valence-electron chi connectivity index (χ2n) is 2.90. The fourth-order valence-electron chi connectivity index (χ4n) is 1.18. The summed E-state index contributed by atoms with van der Waals surface area (Å²) in [6.45, 7) is 0. The lowest BCUT2D eigenvalue weighted by Crippen LogP contribution is -2.06. The van der Waals surface area contributed by atoms with E-state index < -0.39 is 11.7 Å². The highest BCUT2D eigenvalue weighted by molar-refractivity contribution is 5.58. The van der Waals surface area contributed by atoms with Gasteiger partial charge in [0.25, 0.3) is 0 Å². The normalized spacial score (nSPS) is 11.2. The molecule has 1 rings (SSSR count). The predicted molar refractivity (Wildman–Crippen MR) is 47.8 cm³/mol. The van der Waals surface area contributed by atoms with E-state index in [4.69, 9.17) is 4.74 Å². The first-order valence-corrected chi connectivity index (χ1v) is 4.16. The van der Waals surface area contributed by atoms with Gasteiger partial charge in [-0.25, -0.2) is 0 Å². The van der Waals surface area contributed by atoms with Crippen LogP contribution in [0, 0.1) is 0 Å².